The largest absolute Gasteiger partial charge is 0.453 e. The van der Waals surface area contributed by atoms with Gasteiger partial charge in [-0.15, -0.1) is 11.3 Å². The third-order valence-electron chi connectivity index (χ3n) is 6.92. The molecule has 8 nitrogen and oxygen atoms in total. The van der Waals surface area contributed by atoms with Crippen molar-refractivity contribution in [2.75, 3.05) is 7.11 Å². The zero-order chi connectivity index (χ0) is 30.0. The fourth-order valence-electron chi connectivity index (χ4n) is 4.67. The van der Waals surface area contributed by atoms with Gasteiger partial charge in [0.15, 0.2) is 0 Å². The number of hydrogen-bond donors (Lipinski definition) is 4. The summed E-state index contributed by atoms with van der Waals surface area (Å²) in [5.41, 5.74) is 2.23. The van der Waals surface area contributed by atoms with Gasteiger partial charge in [-0.25, -0.2) is 4.79 Å². The van der Waals surface area contributed by atoms with Crippen LogP contribution in [0, 0.1) is 12.3 Å². The van der Waals surface area contributed by atoms with Gasteiger partial charge in [0.2, 0.25) is 5.91 Å². The first-order valence-electron chi connectivity index (χ1n) is 13.7. The number of rotatable bonds is 12. The van der Waals surface area contributed by atoms with Crippen molar-refractivity contribution < 1.29 is 24.2 Å². The molecule has 41 heavy (non-hydrogen) atoms. The molecule has 3 amide bonds. The van der Waals surface area contributed by atoms with E-state index in [-0.39, 0.29) is 12.3 Å². The summed E-state index contributed by atoms with van der Waals surface area (Å²) in [6, 6.07) is 19.3. The second-order valence-electron chi connectivity index (χ2n) is 11.3. The predicted molar refractivity (Wildman–Crippen MR) is 162 cm³/mol. The number of amides is 3. The van der Waals surface area contributed by atoms with Gasteiger partial charge in [0, 0.05) is 6.04 Å². The predicted octanol–water partition coefficient (Wildman–Crippen LogP) is 4.65. The molecule has 0 saturated heterocycles. The van der Waals surface area contributed by atoms with Crippen molar-refractivity contribution in [1.82, 2.24) is 16.0 Å². The Morgan fingerprint density at radius 2 is 1.46 bits per heavy atom. The van der Waals surface area contributed by atoms with Crippen molar-refractivity contribution >= 4 is 29.2 Å². The minimum atomic E-state index is -1.00. The van der Waals surface area contributed by atoms with E-state index < -0.39 is 41.6 Å². The summed E-state index contributed by atoms with van der Waals surface area (Å²) >= 11 is 1.38. The Balaban J connectivity index is 1.86. The van der Waals surface area contributed by atoms with Crippen LogP contribution in [0.3, 0.4) is 0 Å². The first-order chi connectivity index (χ1) is 19.5. The summed E-state index contributed by atoms with van der Waals surface area (Å²) in [6.45, 7) is 7.42. The second-order valence-corrected chi connectivity index (χ2v) is 12.3. The standard InChI is InChI=1S/C32H41N3O5S/c1-21-16-17-41-27(21)29(37)33-24(18-22-12-8-6-9-13-22)20-26(36)25(19-23-14-10-7-11-15-23)34-30(38)28(32(2,3)4)35-31(39)40-5/h6-17,24-26,28,36H,18-20H2,1-5H3,(H,33,37)(H,34,38)(H,35,39)/t24-,25-,26-,28+/m0/s1. The number of nitrogens with one attached hydrogen (secondary N) is 3. The molecule has 0 aliphatic rings. The molecule has 0 saturated carbocycles. The van der Waals surface area contributed by atoms with Gasteiger partial charge in [0.05, 0.1) is 24.1 Å². The topological polar surface area (TPSA) is 117 Å². The Hall–Kier alpha value is -3.69. The van der Waals surface area contributed by atoms with Gasteiger partial charge < -0.3 is 25.8 Å². The summed E-state index contributed by atoms with van der Waals surface area (Å²) in [5.74, 6) is -0.620. The van der Waals surface area contributed by atoms with E-state index in [1.807, 2.05) is 99.8 Å². The Morgan fingerprint density at radius 3 is 1.98 bits per heavy atom. The maximum Gasteiger partial charge on any atom is 0.407 e. The van der Waals surface area contributed by atoms with E-state index in [0.29, 0.717) is 17.7 Å². The molecule has 0 aliphatic heterocycles. The maximum absolute atomic E-state index is 13.5. The lowest BCUT2D eigenvalue weighted by Crippen LogP contribution is -2.58. The molecule has 4 atom stereocenters. The third kappa shape index (κ3) is 9.72. The Morgan fingerprint density at radius 1 is 0.878 bits per heavy atom. The molecule has 0 aliphatic carbocycles. The van der Waals surface area contributed by atoms with Crippen molar-refractivity contribution in [3.8, 4) is 0 Å². The lowest BCUT2D eigenvalue weighted by atomic mass is 9.85. The van der Waals surface area contributed by atoms with Gasteiger partial charge in [-0.1, -0.05) is 81.4 Å². The van der Waals surface area contributed by atoms with E-state index in [1.165, 1.54) is 18.4 Å². The Bertz CT molecular complexity index is 1270. The molecule has 0 radical (unpaired) electrons. The van der Waals surface area contributed by atoms with Crippen LogP contribution in [-0.4, -0.2) is 54.4 Å². The van der Waals surface area contributed by atoms with Crippen molar-refractivity contribution in [3.63, 3.8) is 0 Å². The molecule has 0 spiro atoms. The number of hydrogen-bond acceptors (Lipinski definition) is 6. The van der Waals surface area contributed by atoms with Crippen molar-refractivity contribution in [2.24, 2.45) is 5.41 Å². The number of carbonyl (C=O) groups is 3. The fourth-order valence-corrected chi connectivity index (χ4v) is 5.50. The van der Waals surface area contributed by atoms with Gasteiger partial charge in [-0.2, -0.15) is 0 Å². The zero-order valence-corrected chi connectivity index (χ0v) is 25.2. The quantitative estimate of drug-likeness (QED) is 0.249. The molecular weight excluding hydrogens is 538 g/mol. The summed E-state index contributed by atoms with van der Waals surface area (Å²) in [7, 11) is 1.24. The molecule has 3 rings (SSSR count). The van der Waals surface area contributed by atoms with Crippen LogP contribution < -0.4 is 16.0 Å². The Kier molecular flexibility index (Phi) is 11.5. The highest BCUT2D eigenvalue weighted by molar-refractivity contribution is 7.12. The van der Waals surface area contributed by atoms with Crippen LogP contribution in [0.5, 0.6) is 0 Å². The molecule has 220 valence electrons. The minimum Gasteiger partial charge on any atom is -0.453 e. The number of thiophene rings is 1. The van der Waals surface area contributed by atoms with Crippen LogP contribution in [0.1, 0.15) is 53.6 Å². The van der Waals surface area contributed by atoms with Crippen molar-refractivity contribution in [2.45, 2.75) is 71.2 Å². The number of benzene rings is 2. The van der Waals surface area contributed by atoms with Gasteiger partial charge in [0.1, 0.15) is 6.04 Å². The van der Waals surface area contributed by atoms with Crippen LogP contribution in [0.25, 0.3) is 0 Å². The van der Waals surface area contributed by atoms with Gasteiger partial charge >= 0.3 is 6.09 Å². The van der Waals surface area contributed by atoms with Crippen LogP contribution in [0.15, 0.2) is 72.1 Å². The normalized spacial score (nSPS) is 14.3. The molecule has 3 aromatic rings. The number of alkyl carbamates (subject to hydrolysis) is 1. The van der Waals surface area contributed by atoms with Crippen molar-refractivity contribution in [1.29, 1.82) is 0 Å². The molecule has 2 aromatic carbocycles. The van der Waals surface area contributed by atoms with Crippen LogP contribution in [0.4, 0.5) is 4.79 Å². The lowest BCUT2D eigenvalue weighted by Gasteiger charge is -2.33. The molecule has 1 aromatic heterocycles. The first kappa shape index (κ1) is 31.8. The van der Waals surface area contributed by atoms with Gasteiger partial charge in [-0.3, -0.25) is 9.59 Å². The van der Waals surface area contributed by atoms with E-state index in [4.69, 9.17) is 4.74 Å². The molecule has 1 heterocycles. The van der Waals surface area contributed by atoms with E-state index in [2.05, 4.69) is 16.0 Å². The summed E-state index contributed by atoms with van der Waals surface area (Å²) < 4.78 is 4.74. The highest BCUT2D eigenvalue weighted by Gasteiger charge is 2.36. The molecular formula is C32H41N3O5S. The highest BCUT2D eigenvalue weighted by Crippen LogP contribution is 2.22. The molecule has 4 N–H and O–H groups in total. The second kappa shape index (κ2) is 14.8. The smallest absolute Gasteiger partial charge is 0.407 e. The third-order valence-corrected chi connectivity index (χ3v) is 7.94. The van der Waals surface area contributed by atoms with E-state index in [1.54, 1.807) is 0 Å². The van der Waals surface area contributed by atoms with E-state index in [0.717, 1.165) is 16.7 Å². The number of aliphatic hydroxyl groups excluding tert-OH is 1. The SMILES string of the molecule is COC(=O)N[C@H](C(=O)N[C@@H](Cc1ccccc1)[C@@H](O)C[C@H](Cc1ccccc1)NC(=O)c1sccc1C)C(C)(C)C. The van der Waals surface area contributed by atoms with Crippen molar-refractivity contribution in [3.05, 3.63) is 93.7 Å². The number of carbonyl (C=O) groups excluding carboxylic acids is 3. The number of ether oxygens (including phenoxy) is 1. The van der Waals surface area contributed by atoms with Gasteiger partial charge in [-0.05, 0) is 59.7 Å². The van der Waals surface area contributed by atoms with Crippen LogP contribution in [0.2, 0.25) is 0 Å². The van der Waals surface area contributed by atoms with E-state index >= 15 is 0 Å². The first-order valence-corrected chi connectivity index (χ1v) is 14.6. The van der Waals surface area contributed by atoms with Crippen LogP contribution in [-0.2, 0) is 22.4 Å². The summed E-state index contributed by atoms with van der Waals surface area (Å²) in [5, 5.41) is 22.2. The number of aryl methyl sites for hydroxylation is 1. The Labute approximate surface area is 246 Å². The minimum absolute atomic E-state index is 0.190. The zero-order valence-electron chi connectivity index (χ0n) is 24.3. The lowest BCUT2D eigenvalue weighted by molar-refractivity contribution is -0.127. The molecule has 0 unspecified atom stereocenters. The molecule has 9 heteroatoms. The number of methoxy groups -OCH3 is 1. The number of aliphatic hydroxyl groups is 1. The maximum atomic E-state index is 13.5. The van der Waals surface area contributed by atoms with Gasteiger partial charge in [0.25, 0.3) is 5.91 Å². The van der Waals surface area contributed by atoms with E-state index in [9.17, 15) is 19.5 Å². The highest BCUT2D eigenvalue weighted by atomic mass is 32.1. The average molecular weight is 580 g/mol. The molecule has 0 bridgehead atoms. The molecule has 0 fully saturated rings. The average Bonchev–Trinajstić information content (AvgIpc) is 3.37. The summed E-state index contributed by atoms with van der Waals surface area (Å²) in [6.07, 6.45) is -0.646. The fraction of sp³-hybridized carbons (Fsp3) is 0.406. The van der Waals surface area contributed by atoms with Crippen LogP contribution >= 0.6 is 11.3 Å². The summed E-state index contributed by atoms with van der Waals surface area (Å²) in [4.78, 5) is 39.4. The monoisotopic (exact) mass is 579 g/mol.